The first-order valence-electron chi connectivity index (χ1n) is 6.17. The van der Waals surface area contributed by atoms with Crippen LogP contribution >= 0.6 is 0 Å². The first kappa shape index (κ1) is 13.0. The summed E-state index contributed by atoms with van der Waals surface area (Å²) in [7, 11) is 1.62. The Labute approximate surface area is 106 Å². The van der Waals surface area contributed by atoms with E-state index in [1.165, 1.54) is 6.20 Å². The van der Waals surface area contributed by atoms with E-state index in [1.807, 2.05) is 13.8 Å². The van der Waals surface area contributed by atoms with Gasteiger partial charge in [0.1, 0.15) is 6.10 Å². The Kier molecular flexibility index (Phi) is 3.61. The van der Waals surface area contributed by atoms with Crippen molar-refractivity contribution in [3.05, 3.63) is 23.3 Å². The zero-order chi connectivity index (χ0) is 13.3. The lowest BCUT2D eigenvalue weighted by atomic mass is 10.1. The lowest BCUT2D eigenvalue weighted by Crippen LogP contribution is -2.16. The van der Waals surface area contributed by atoms with Gasteiger partial charge in [0, 0.05) is 19.2 Å². The van der Waals surface area contributed by atoms with E-state index >= 15 is 0 Å². The van der Waals surface area contributed by atoms with Gasteiger partial charge in [0.05, 0.1) is 11.3 Å². The number of hydrogen-bond donors (Lipinski definition) is 1. The Morgan fingerprint density at radius 3 is 2.61 bits per heavy atom. The maximum atomic E-state index is 11.1. The van der Waals surface area contributed by atoms with Crippen molar-refractivity contribution in [3.8, 4) is 0 Å². The summed E-state index contributed by atoms with van der Waals surface area (Å²) in [5.41, 5.74) is 0.884. The molecular weight excluding hydrogens is 232 g/mol. The third-order valence-corrected chi connectivity index (χ3v) is 3.15. The van der Waals surface area contributed by atoms with Crippen molar-refractivity contribution >= 4 is 5.97 Å². The fourth-order valence-corrected chi connectivity index (χ4v) is 2.05. The summed E-state index contributed by atoms with van der Waals surface area (Å²) >= 11 is 0. The maximum absolute atomic E-state index is 11.1. The van der Waals surface area contributed by atoms with Gasteiger partial charge in [-0.3, -0.25) is 0 Å². The zero-order valence-electron chi connectivity index (χ0n) is 10.9. The predicted molar refractivity (Wildman–Crippen MR) is 65.6 cm³/mol. The highest BCUT2D eigenvalue weighted by Gasteiger charge is 2.31. The highest BCUT2D eigenvalue weighted by Crippen LogP contribution is 2.41. The molecule has 0 amide bonds. The molecule has 1 aromatic rings. The molecule has 5 nitrogen and oxygen atoms in total. The Morgan fingerprint density at radius 2 is 2.17 bits per heavy atom. The quantitative estimate of drug-likeness (QED) is 0.868. The van der Waals surface area contributed by atoms with Gasteiger partial charge in [-0.15, -0.1) is 0 Å². The number of carbonyl (C=O) groups is 1. The van der Waals surface area contributed by atoms with Gasteiger partial charge < -0.3 is 9.84 Å². The molecular formula is C13H18N2O3. The topological polar surface area (TPSA) is 72.3 Å². The SMILES string of the molecule is COC(c1ncc(C(=O)O)c(C2CC2)n1)C(C)C. The van der Waals surface area contributed by atoms with Crippen molar-refractivity contribution in [2.75, 3.05) is 7.11 Å². The van der Waals surface area contributed by atoms with Crippen LogP contribution in [0.4, 0.5) is 0 Å². The van der Waals surface area contributed by atoms with Crippen LogP contribution in [0.15, 0.2) is 6.20 Å². The van der Waals surface area contributed by atoms with Gasteiger partial charge in [-0.2, -0.15) is 0 Å². The first-order valence-corrected chi connectivity index (χ1v) is 6.17. The van der Waals surface area contributed by atoms with E-state index in [0.717, 1.165) is 12.8 Å². The second-order valence-electron chi connectivity index (χ2n) is 5.01. The zero-order valence-corrected chi connectivity index (χ0v) is 10.9. The predicted octanol–water partition coefficient (Wildman–Crippen LogP) is 2.40. The molecule has 0 aliphatic heterocycles. The number of nitrogens with zero attached hydrogens (tertiary/aromatic N) is 2. The Bertz CT molecular complexity index is 456. The summed E-state index contributed by atoms with van der Waals surface area (Å²) in [5, 5.41) is 9.13. The number of hydrogen-bond acceptors (Lipinski definition) is 4. The fourth-order valence-electron chi connectivity index (χ4n) is 2.05. The number of carboxylic acid groups (broad SMARTS) is 1. The van der Waals surface area contributed by atoms with E-state index < -0.39 is 5.97 Å². The van der Waals surface area contributed by atoms with E-state index in [0.29, 0.717) is 11.5 Å². The molecule has 0 saturated heterocycles. The molecule has 1 fully saturated rings. The molecule has 1 saturated carbocycles. The van der Waals surface area contributed by atoms with Gasteiger partial charge >= 0.3 is 5.97 Å². The second-order valence-corrected chi connectivity index (χ2v) is 5.01. The molecule has 1 unspecified atom stereocenters. The van der Waals surface area contributed by atoms with Crippen LogP contribution in [0.5, 0.6) is 0 Å². The van der Waals surface area contributed by atoms with Crippen LogP contribution in [-0.2, 0) is 4.74 Å². The standard InChI is InChI=1S/C13H18N2O3/c1-7(2)11(18-3)12-14-6-9(13(16)17)10(15-12)8-4-5-8/h6-8,11H,4-5H2,1-3H3,(H,16,17). The van der Waals surface area contributed by atoms with Crippen molar-refractivity contribution in [1.82, 2.24) is 9.97 Å². The van der Waals surface area contributed by atoms with Crippen LogP contribution in [-0.4, -0.2) is 28.2 Å². The monoisotopic (exact) mass is 250 g/mol. The molecule has 1 N–H and O–H groups in total. The Hall–Kier alpha value is -1.49. The summed E-state index contributed by atoms with van der Waals surface area (Å²) in [6, 6.07) is 0. The van der Waals surface area contributed by atoms with E-state index in [-0.39, 0.29) is 23.5 Å². The second kappa shape index (κ2) is 5.02. The number of carboxylic acids is 1. The van der Waals surface area contributed by atoms with Gasteiger partial charge in [-0.1, -0.05) is 13.8 Å². The molecule has 1 atom stereocenters. The van der Waals surface area contributed by atoms with Crippen LogP contribution < -0.4 is 0 Å². The van der Waals surface area contributed by atoms with Crippen molar-refractivity contribution in [2.24, 2.45) is 5.92 Å². The molecule has 1 heterocycles. The van der Waals surface area contributed by atoms with Crippen LogP contribution in [0.25, 0.3) is 0 Å². The van der Waals surface area contributed by atoms with E-state index in [4.69, 9.17) is 9.84 Å². The minimum absolute atomic E-state index is 0.189. The average Bonchev–Trinajstić information content (AvgIpc) is 3.12. The molecule has 98 valence electrons. The van der Waals surface area contributed by atoms with Gasteiger partial charge in [0.25, 0.3) is 0 Å². The molecule has 1 aromatic heterocycles. The maximum Gasteiger partial charge on any atom is 0.339 e. The largest absolute Gasteiger partial charge is 0.478 e. The van der Waals surface area contributed by atoms with Crippen LogP contribution in [0.1, 0.15) is 60.6 Å². The fraction of sp³-hybridized carbons (Fsp3) is 0.615. The molecule has 1 aliphatic rings. The van der Waals surface area contributed by atoms with Crippen molar-refractivity contribution in [2.45, 2.75) is 38.7 Å². The summed E-state index contributed by atoms with van der Waals surface area (Å²) in [5.74, 6) is 0.154. The molecule has 1 aliphatic carbocycles. The third-order valence-electron chi connectivity index (χ3n) is 3.15. The highest BCUT2D eigenvalue weighted by molar-refractivity contribution is 5.88. The number of methoxy groups -OCH3 is 1. The van der Waals surface area contributed by atoms with Crippen molar-refractivity contribution in [3.63, 3.8) is 0 Å². The lowest BCUT2D eigenvalue weighted by molar-refractivity contribution is 0.0568. The van der Waals surface area contributed by atoms with E-state index in [2.05, 4.69) is 9.97 Å². The van der Waals surface area contributed by atoms with Crippen LogP contribution in [0, 0.1) is 5.92 Å². The highest BCUT2D eigenvalue weighted by atomic mass is 16.5. The molecule has 0 aromatic carbocycles. The molecule has 5 heteroatoms. The summed E-state index contributed by atoms with van der Waals surface area (Å²) in [6.45, 7) is 4.05. The normalized spacial score (nSPS) is 16.9. The van der Waals surface area contributed by atoms with Crippen LogP contribution in [0.2, 0.25) is 0 Å². The van der Waals surface area contributed by atoms with E-state index in [9.17, 15) is 4.79 Å². The Balaban J connectivity index is 2.39. The average molecular weight is 250 g/mol. The first-order chi connectivity index (χ1) is 8.54. The summed E-state index contributed by atoms with van der Waals surface area (Å²) in [4.78, 5) is 19.7. The number of aromatic nitrogens is 2. The molecule has 18 heavy (non-hydrogen) atoms. The summed E-state index contributed by atoms with van der Waals surface area (Å²) < 4.78 is 5.38. The number of ether oxygens (including phenoxy) is 1. The van der Waals surface area contributed by atoms with Gasteiger partial charge in [0.2, 0.25) is 0 Å². The van der Waals surface area contributed by atoms with E-state index in [1.54, 1.807) is 7.11 Å². The third kappa shape index (κ3) is 2.51. The molecule has 0 bridgehead atoms. The smallest absolute Gasteiger partial charge is 0.339 e. The van der Waals surface area contributed by atoms with Crippen molar-refractivity contribution < 1.29 is 14.6 Å². The van der Waals surface area contributed by atoms with Gasteiger partial charge in [-0.25, -0.2) is 14.8 Å². The number of aromatic carboxylic acids is 1. The van der Waals surface area contributed by atoms with Gasteiger partial charge in [-0.05, 0) is 18.8 Å². The Morgan fingerprint density at radius 1 is 1.50 bits per heavy atom. The molecule has 0 spiro atoms. The minimum atomic E-state index is -0.957. The molecule has 2 rings (SSSR count). The lowest BCUT2D eigenvalue weighted by Gasteiger charge is -2.18. The van der Waals surface area contributed by atoms with Gasteiger partial charge in [0.15, 0.2) is 5.82 Å². The minimum Gasteiger partial charge on any atom is -0.478 e. The van der Waals surface area contributed by atoms with Crippen molar-refractivity contribution in [1.29, 1.82) is 0 Å². The van der Waals surface area contributed by atoms with Crippen LogP contribution in [0.3, 0.4) is 0 Å². The summed E-state index contributed by atoms with van der Waals surface area (Å²) in [6.07, 6.45) is 3.24. The molecule has 0 radical (unpaired) electrons. The number of rotatable bonds is 5.